The minimum Gasteiger partial charge on any atom is -0.657 e. The van der Waals surface area contributed by atoms with Crippen molar-refractivity contribution in [3.8, 4) is 0 Å². The summed E-state index contributed by atoms with van der Waals surface area (Å²) in [5, 5.41) is 26.2. The molecular weight excluding hydrogens is 515 g/mol. The van der Waals surface area contributed by atoms with Crippen LogP contribution in [-0.4, -0.2) is 34.2 Å². The van der Waals surface area contributed by atoms with Gasteiger partial charge in [0.15, 0.2) is 0 Å². The second kappa shape index (κ2) is 17.8. The summed E-state index contributed by atoms with van der Waals surface area (Å²) in [4.78, 5) is 18.0. The first-order valence-corrected chi connectivity index (χ1v) is 11.1. The minimum absolute atomic E-state index is 0. The van der Waals surface area contributed by atoms with Crippen molar-refractivity contribution in [2.75, 3.05) is 0 Å². The molecule has 3 rings (SSSR count). The van der Waals surface area contributed by atoms with Gasteiger partial charge in [-0.2, -0.15) is 12.1 Å². The Morgan fingerprint density at radius 3 is 1.30 bits per heavy atom. The molecule has 0 saturated heterocycles. The van der Waals surface area contributed by atoms with E-state index in [1.165, 1.54) is 24.0 Å². The van der Waals surface area contributed by atoms with Gasteiger partial charge in [-0.15, -0.1) is 13.1 Å². The molecule has 6 nitrogen and oxygen atoms in total. The van der Waals surface area contributed by atoms with Crippen LogP contribution in [0.2, 0.25) is 10.0 Å². The molecule has 0 aromatic heterocycles. The van der Waals surface area contributed by atoms with Crippen molar-refractivity contribution in [3.05, 3.63) is 80.3 Å². The van der Waals surface area contributed by atoms with Gasteiger partial charge in [-0.3, -0.25) is 9.59 Å². The number of carbonyl (C=O) groups is 2. The Morgan fingerprint density at radius 2 is 1.03 bits per heavy atom. The summed E-state index contributed by atoms with van der Waals surface area (Å²) in [6.07, 6.45) is 4.79. The van der Waals surface area contributed by atoms with Crippen LogP contribution < -0.4 is 0 Å². The fourth-order valence-corrected chi connectivity index (χ4v) is 3.39. The number of halogens is 2. The van der Waals surface area contributed by atoms with E-state index in [9.17, 15) is 0 Å². The number of rotatable bonds is 6. The molecule has 185 valence electrons. The van der Waals surface area contributed by atoms with E-state index in [1.807, 2.05) is 24.3 Å². The van der Waals surface area contributed by atoms with Crippen molar-refractivity contribution in [1.29, 1.82) is 0 Å². The number of aliphatic carboxylic acids is 2. The van der Waals surface area contributed by atoms with Gasteiger partial charge in [-0.05, 0) is 24.3 Å². The van der Waals surface area contributed by atoms with Crippen LogP contribution in [-0.2, 0) is 39.7 Å². The van der Waals surface area contributed by atoms with Crippen molar-refractivity contribution in [1.82, 2.24) is 0 Å². The van der Waals surface area contributed by atoms with Gasteiger partial charge in [-0.1, -0.05) is 84.3 Å². The fraction of sp³-hybridized carbons (Fsp3) is 0.417. The Balaban J connectivity index is 0.000000991. The summed E-state index contributed by atoms with van der Waals surface area (Å²) in [5.41, 5.74) is 2.42. The second-order valence-electron chi connectivity index (χ2n) is 7.39. The molecule has 2 atom stereocenters. The van der Waals surface area contributed by atoms with Crippen LogP contribution in [0.5, 0.6) is 0 Å². The molecule has 1 fully saturated rings. The molecule has 0 bridgehead atoms. The van der Waals surface area contributed by atoms with E-state index in [4.69, 9.17) is 53.6 Å². The first-order chi connectivity index (χ1) is 15.2. The minimum atomic E-state index is -0.833. The molecule has 0 spiro atoms. The molecule has 9 heteroatoms. The van der Waals surface area contributed by atoms with Gasteiger partial charge in [0, 0.05) is 23.9 Å². The summed E-state index contributed by atoms with van der Waals surface area (Å²) < 4.78 is 0. The summed E-state index contributed by atoms with van der Waals surface area (Å²) in [7, 11) is 0. The second-order valence-corrected chi connectivity index (χ2v) is 8.26. The maximum absolute atomic E-state index is 9.00. The maximum atomic E-state index is 9.00. The third-order valence-corrected chi connectivity index (χ3v) is 5.04. The van der Waals surface area contributed by atoms with E-state index in [0.717, 1.165) is 49.8 Å². The molecule has 1 aliphatic carbocycles. The Bertz CT molecular complexity index is 743. The monoisotopic (exact) mass is 543 g/mol. The third-order valence-electron chi connectivity index (χ3n) is 4.54. The average Bonchev–Trinajstić information content (AvgIpc) is 2.73. The summed E-state index contributed by atoms with van der Waals surface area (Å²) in [5.74, 6) is -1.67. The van der Waals surface area contributed by atoms with Gasteiger partial charge in [0.05, 0.1) is 0 Å². The van der Waals surface area contributed by atoms with E-state index in [2.05, 4.69) is 24.3 Å². The number of carboxylic acids is 2. The van der Waals surface area contributed by atoms with E-state index < -0.39 is 11.9 Å². The van der Waals surface area contributed by atoms with Gasteiger partial charge in [0.1, 0.15) is 0 Å². The molecule has 33 heavy (non-hydrogen) atoms. The predicted molar refractivity (Wildman–Crippen MR) is 130 cm³/mol. The van der Waals surface area contributed by atoms with Crippen molar-refractivity contribution in [2.45, 2.75) is 64.7 Å². The zero-order valence-corrected chi connectivity index (χ0v) is 21.1. The van der Waals surface area contributed by atoms with E-state index in [1.54, 1.807) is 0 Å². The maximum Gasteiger partial charge on any atom is 2.00 e. The molecule has 1 radical (unpaired) electrons. The van der Waals surface area contributed by atoms with Gasteiger partial charge in [0.2, 0.25) is 0 Å². The zero-order chi connectivity index (χ0) is 23.9. The van der Waals surface area contributed by atoms with Gasteiger partial charge in [-0.25, -0.2) is 0 Å². The third kappa shape index (κ3) is 15.8. The Kier molecular flexibility index (Phi) is 17.0. The van der Waals surface area contributed by atoms with Gasteiger partial charge in [0.25, 0.3) is 11.9 Å². The molecule has 0 heterocycles. The van der Waals surface area contributed by atoms with Crippen LogP contribution in [0.1, 0.15) is 50.7 Å². The zero-order valence-electron chi connectivity index (χ0n) is 18.7. The number of hydrogen-bond donors (Lipinski definition) is 2. The molecule has 2 N–H and O–H groups in total. The average molecular weight is 545 g/mol. The normalized spacial score (nSPS) is 16.7. The van der Waals surface area contributed by atoms with Crippen LogP contribution in [0.4, 0.5) is 0 Å². The molecule has 2 aromatic carbocycles. The van der Waals surface area contributed by atoms with Crippen LogP contribution in [0.25, 0.3) is 10.6 Å². The Morgan fingerprint density at radius 1 is 0.758 bits per heavy atom. The van der Waals surface area contributed by atoms with Gasteiger partial charge >= 0.3 is 17.1 Å². The smallest absolute Gasteiger partial charge is 0.657 e. The number of nitrogens with zero attached hydrogens (tertiary/aromatic N) is 2. The molecular formula is C24H30Cl2CuN2O4. The largest absolute Gasteiger partial charge is 2.00 e. The molecule has 1 saturated carbocycles. The van der Waals surface area contributed by atoms with Crippen LogP contribution in [0, 0.1) is 0 Å². The predicted octanol–water partition coefficient (Wildman–Crippen LogP) is 6.93. The molecule has 2 aromatic rings. The molecule has 1 aliphatic rings. The standard InChI is InChI=1S/C20H22Cl2N2.2C2H4O2.Cu/c21-17-9-5-15(6-10-17)13-23-19-3-1-2-4-20(19)24-14-16-7-11-18(22)12-8-16;2*1-2(3)4;/h5-12,19-20H,1-4,13-14H2;2*1H3,(H,3,4);/q-2;;;+2/t19-,20-;;;/m1.../s1. The fourth-order valence-electron chi connectivity index (χ4n) is 3.14. The number of hydrogen-bond acceptors (Lipinski definition) is 2. The number of carboxylic acid groups (broad SMARTS) is 2. The van der Waals surface area contributed by atoms with E-state index in [-0.39, 0.29) is 17.1 Å². The first-order valence-electron chi connectivity index (χ1n) is 10.4. The van der Waals surface area contributed by atoms with E-state index in [0.29, 0.717) is 12.1 Å². The molecule has 0 unspecified atom stereocenters. The van der Waals surface area contributed by atoms with Crippen molar-refractivity contribution in [2.24, 2.45) is 0 Å². The van der Waals surface area contributed by atoms with Gasteiger partial charge < -0.3 is 20.8 Å². The SMILES string of the molecule is CC(=O)O.CC(=O)O.Clc1ccc(C[N-][C@@H]2CCCC[C@H]2[N-]Cc2ccc(Cl)cc2)cc1.[Cu+2]. The van der Waals surface area contributed by atoms with Crippen molar-refractivity contribution >= 4 is 35.1 Å². The quantitative estimate of drug-likeness (QED) is 0.385. The van der Waals surface area contributed by atoms with Crippen LogP contribution >= 0.6 is 23.2 Å². The van der Waals surface area contributed by atoms with Crippen molar-refractivity contribution < 1.29 is 36.9 Å². The summed E-state index contributed by atoms with van der Waals surface area (Å²) in [6, 6.07) is 16.6. The molecule has 0 amide bonds. The first kappa shape index (κ1) is 31.4. The van der Waals surface area contributed by atoms with Crippen LogP contribution in [0.15, 0.2) is 48.5 Å². The summed E-state index contributed by atoms with van der Waals surface area (Å²) >= 11 is 11.9. The summed E-state index contributed by atoms with van der Waals surface area (Å²) in [6.45, 7) is 3.66. The molecule has 0 aliphatic heterocycles. The Labute approximate surface area is 216 Å². The van der Waals surface area contributed by atoms with Crippen LogP contribution in [0.3, 0.4) is 0 Å². The Hall–Kier alpha value is -1.60. The van der Waals surface area contributed by atoms with E-state index >= 15 is 0 Å². The number of benzene rings is 2. The van der Waals surface area contributed by atoms with Crippen molar-refractivity contribution in [3.63, 3.8) is 0 Å². The topological polar surface area (TPSA) is 103 Å².